The highest BCUT2D eigenvalue weighted by molar-refractivity contribution is 7.33. The molecule has 23 heavy (non-hydrogen) atoms. The van der Waals surface area contributed by atoms with Crippen LogP contribution in [0.4, 0.5) is 13.2 Å². The minimum absolute atomic E-state index is 0.102. The standard InChI is InChI=1S/C13H23F3NO5P/c1-20-9-5-2-3-6-10-21-23(19)22-11-7-4-8-17-12(18)13(14,15)16/h2-11H2,1H3/p+1. The summed E-state index contributed by atoms with van der Waals surface area (Å²) in [5.41, 5.74) is 0. The summed E-state index contributed by atoms with van der Waals surface area (Å²) >= 11 is 0. The molecule has 136 valence electrons. The molecule has 0 saturated heterocycles. The van der Waals surface area contributed by atoms with Gasteiger partial charge in [-0.1, -0.05) is 12.8 Å². The van der Waals surface area contributed by atoms with Crippen molar-refractivity contribution in [1.82, 2.24) is 5.32 Å². The number of ether oxygens (including phenoxy) is 1. The lowest BCUT2D eigenvalue weighted by Gasteiger charge is -2.06. The van der Waals surface area contributed by atoms with E-state index in [2.05, 4.69) is 0 Å². The quantitative estimate of drug-likeness (QED) is 0.379. The van der Waals surface area contributed by atoms with Crippen molar-refractivity contribution in [2.45, 2.75) is 44.7 Å². The molecule has 0 heterocycles. The molecule has 0 bridgehead atoms. The maximum absolute atomic E-state index is 11.9. The molecule has 0 fully saturated rings. The molecular formula is C13H24F3NO5P+. The van der Waals surface area contributed by atoms with Gasteiger partial charge in [-0.25, -0.2) is 0 Å². The van der Waals surface area contributed by atoms with Gasteiger partial charge in [-0.3, -0.25) is 4.79 Å². The van der Waals surface area contributed by atoms with Crippen LogP contribution >= 0.6 is 8.25 Å². The molecule has 0 radical (unpaired) electrons. The van der Waals surface area contributed by atoms with Crippen LogP contribution in [0.1, 0.15) is 38.5 Å². The van der Waals surface area contributed by atoms with E-state index < -0.39 is 20.3 Å². The first kappa shape index (κ1) is 22.2. The van der Waals surface area contributed by atoms with Gasteiger partial charge in [0.2, 0.25) is 0 Å². The zero-order valence-corrected chi connectivity index (χ0v) is 14.1. The van der Waals surface area contributed by atoms with Gasteiger partial charge >= 0.3 is 20.3 Å². The van der Waals surface area contributed by atoms with E-state index in [0.717, 1.165) is 32.3 Å². The van der Waals surface area contributed by atoms with Gasteiger partial charge in [0.1, 0.15) is 13.2 Å². The minimum atomic E-state index is -4.86. The lowest BCUT2D eigenvalue weighted by atomic mass is 10.2. The molecule has 1 amide bonds. The smallest absolute Gasteiger partial charge is 0.385 e. The molecule has 1 unspecified atom stereocenters. The van der Waals surface area contributed by atoms with Crippen molar-refractivity contribution >= 4 is 14.2 Å². The van der Waals surface area contributed by atoms with Crippen LogP contribution < -0.4 is 5.32 Å². The van der Waals surface area contributed by atoms with Gasteiger partial charge in [-0.15, -0.1) is 9.05 Å². The summed E-state index contributed by atoms with van der Waals surface area (Å²) in [5, 5.41) is 1.74. The summed E-state index contributed by atoms with van der Waals surface area (Å²) in [6.07, 6.45) is -0.479. The third kappa shape index (κ3) is 14.6. The molecule has 0 aliphatic carbocycles. The topological polar surface area (TPSA) is 73.9 Å². The van der Waals surface area contributed by atoms with Gasteiger partial charge in [-0.2, -0.15) is 13.2 Å². The molecule has 1 atom stereocenters. The van der Waals surface area contributed by atoms with E-state index in [4.69, 9.17) is 13.8 Å². The summed E-state index contributed by atoms with van der Waals surface area (Å²) in [7, 11) is -0.554. The summed E-state index contributed by atoms with van der Waals surface area (Å²) in [6, 6.07) is 0. The predicted octanol–water partition coefficient (Wildman–Crippen LogP) is 3.34. The van der Waals surface area contributed by atoms with Crippen LogP contribution in [0.15, 0.2) is 0 Å². The zero-order chi connectivity index (χ0) is 17.6. The van der Waals surface area contributed by atoms with Crippen LogP contribution in [-0.2, 0) is 23.1 Å². The van der Waals surface area contributed by atoms with E-state index in [-0.39, 0.29) is 13.2 Å². The molecule has 0 saturated carbocycles. The number of rotatable bonds is 14. The number of carbonyl (C=O) groups excluding carboxylic acids is 1. The summed E-state index contributed by atoms with van der Waals surface area (Å²) < 4.78 is 61.7. The van der Waals surface area contributed by atoms with Crippen LogP contribution in [-0.4, -0.2) is 45.6 Å². The Morgan fingerprint density at radius 1 is 0.957 bits per heavy atom. The Labute approximate surface area is 135 Å². The Balaban J connectivity index is 3.36. The van der Waals surface area contributed by atoms with E-state index in [9.17, 15) is 22.5 Å². The number of hydrogen-bond donors (Lipinski definition) is 1. The Bertz CT molecular complexity index is 342. The molecule has 0 spiro atoms. The van der Waals surface area contributed by atoms with Gasteiger partial charge in [0.25, 0.3) is 0 Å². The second-order valence-corrected chi connectivity index (χ2v) is 5.72. The van der Waals surface area contributed by atoms with Crippen LogP contribution in [0, 0.1) is 0 Å². The fourth-order valence-electron chi connectivity index (χ4n) is 1.55. The largest absolute Gasteiger partial charge is 0.697 e. The van der Waals surface area contributed by atoms with E-state index in [1.807, 2.05) is 0 Å². The van der Waals surface area contributed by atoms with Crippen LogP contribution in [0.5, 0.6) is 0 Å². The number of carbonyl (C=O) groups is 1. The lowest BCUT2D eigenvalue weighted by Crippen LogP contribution is -2.37. The highest BCUT2D eigenvalue weighted by atomic mass is 31.1. The van der Waals surface area contributed by atoms with Crippen molar-refractivity contribution in [3.63, 3.8) is 0 Å². The fraction of sp³-hybridized carbons (Fsp3) is 0.923. The first-order chi connectivity index (χ1) is 10.9. The average Bonchev–Trinajstić information content (AvgIpc) is 2.48. The van der Waals surface area contributed by atoms with Crippen molar-refractivity contribution in [3.8, 4) is 0 Å². The highest BCUT2D eigenvalue weighted by Crippen LogP contribution is 2.24. The van der Waals surface area contributed by atoms with Crippen LogP contribution in [0.2, 0.25) is 0 Å². The number of nitrogens with one attached hydrogen (secondary N) is 1. The molecule has 0 aliphatic rings. The maximum Gasteiger partial charge on any atom is 0.697 e. The number of halogens is 3. The monoisotopic (exact) mass is 362 g/mol. The molecule has 10 heteroatoms. The summed E-state index contributed by atoms with van der Waals surface area (Å²) in [5.74, 6) is -1.96. The highest BCUT2D eigenvalue weighted by Gasteiger charge is 2.38. The van der Waals surface area contributed by atoms with Gasteiger partial charge in [-0.05, 0) is 25.7 Å². The third-order valence-corrected chi connectivity index (χ3v) is 3.54. The number of amides is 1. The summed E-state index contributed by atoms with van der Waals surface area (Å²) in [6.45, 7) is 1.05. The molecule has 6 nitrogen and oxygen atoms in total. The van der Waals surface area contributed by atoms with E-state index >= 15 is 0 Å². The number of alkyl halides is 3. The SMILES string of the molecule is COCCCCCCO[P+](=O)OCCCCNC(=O)C(F)(F)F. The van der Waals surface area contributed by atoms with Crippen molar-refractivity contribution in [3.05, 3.63) is 0 Å². The molecule has 0 aliphatic heterocycles. The number of hydrogen-bond acceptors (Lipinski definition) is 5. The van der Waals surface area contributed by atoms with Gasteiger partial charge in [0.05, 0.1) is 0 Å². The van der Waals surface area contributed by atoms with Gasteiger partial charge in [0, 0.05) is 24.8 Å². The molecule has 1 N–H and O–H groups in total. The first-order valence-electron chi connectivity index (χ1n) is 7.45. The predicted molar refractivity (Wildman–Crippen MR) is 78.2 cm³/mol. The van der Waals surface area contributed by atoms with E-state index in [0.29, 0.717) is 19.4 Å². The van der Waals surface area contributed by atoms with E-state index in [1.54, 1.807) is 12.4 Å². The maximum atomic E-state index is 11.9. The average molecular weight is 362 g/mol. The van der Waals surface area contributed by atoms with E-state index in [1.165, 1.54) is 0 Å². The Morgan fingerprint density at radius 3 is 2.00 bits per heavy atom. The first-order valence-corrected chi connectivity index (χ1v) is 8.54. The Morgan fingerprint density at radius 2 is 1.48 bits per heavy atom. The summed E-state index contributed by atoms with van der Waals surface area (Å²) in [4.78, 5) is 10.5. The minimum Gasteiger partial charge on any atom is -0.385 e. The molecular weight excluding hydrogens is 338 g/mol. The van der Waals surface area contributed by atoms with Crippen molar-refractivity contribution in [2.75, 3.05) is 33.5 Å². The second-order valence-electron chi connectivity index (χ2n) is 4.76. The fourth-order valence-corrected chi connectivity index (χ4v) is 2.18. The number of unbranched alkanes of at least 4 members (excludes halogenated alkanes) is 4. The zero-order valence-electron chi connectivity index (χ0n) is 13.2. The Hall–Kier alpha value is -0.760. The van der Waals surface area contributed by atoms with Crippen molar-refractivity contribution < 1.29 is 36.3 Å². The Kier molecular flexibility index (Phi) is 13.2. The second kappa shape index (κ2) is 13.7. The third-order valence-electron chi connectivity index (χ3n) is 2.75. The van der Waals surface area contributed by atoms with Gasteiger partial charge in [0.15, 0.2) is 0 Å². The molecule has 0 rings (SSSR count). The molecule has 0 aromatic rings. The normalized spacial score (nSPS) is 12.3. The van der Waals surface area contributed by atoms with Crippen molar-refractivity contribution in [2.24, 2.45) is 0 Å². The molecule has 0 aromatic carbocycles. The lowest BCUT2D eigenvalue weighted by molar-refractivity contribution is -0.173. The van der Waals surface area contributed by atoms with Crippen LogP contribution in [0.3, 0.4) is 0 Å². The molecule has 0 aromatic heterocycles. The van der Waals surface area contributed by atoms with Crippen LogP contribution in [0.25, 0.3) is 0 Å². The number of methoxy groups -OCH3 is 1. The van der Waals surface area contributed by atoms with Crippen molar-refractivity contribution in [1.29, 1.82) is 0 Å². The van der Waals surface area contributed by atoms with Gasteiger partial charge < -0.3 is 10.1 Å².